The summed E-state index contributed by atoms with van der Waals surface area (Å²) in [6.07, 6.45) is 0.456. The number of anilines is 1. The van der Waals surface area contributed by atoms with E-state index in [2.05, 4.69) is 21.2 Å². The van der Waals surface area contributed by atoms with Gasteiger partial charge in [0.2, 0.25) is 15.9 Å². The van der Waals surface area contributed by atoms with Crippen LogP contribution in [0.3, 0.4) is 0 Å². The molecular weight excluding hydrogens is 508 g/mol. The molecule has 0 bridgehead atoms. The highest BCUT2D eigenvalue weighted by molar-refractivity contribution is 9.10. The number of carbonyl (C=O) groups is 1. The van der Waals surface area contributed by atoms with Gasteiger partial charge in [0.25, 0.3) is 0 Å². The van der Waals surface area contributed by atoms with E-state index in [4.69, 9.17) is 9.47 Å². The van der Waals surface area contributed by atoms with E-state index in [0.29, 0.717) is 23.6 Å². The Labute approximate surface area is 202 Å². The molecule has 3 rings (SSSR count). The van der Waals surface area contributed by atoms with Crippen LogP contribution < -0.4 is 14.8 Å². The number of methoxy groups -OCH3 is 2. The minimum absolute atomic E-state index is 0.0171. The minimum Gasteiger partial charge on any atom is -0.493 e. The Bertz CT molecular complexity index is 1200. The highest BCUT2D eigenvalue weighted by Crippen LogP contribution is 2.30. The van der Waals surface area contributed by atoms with Crippen LogP contribution in [0.1, 0.15) is 5.56 Å². The average Bonchev–Trinajstić information content (AvgIpc) is 2.81. The summed E-state index contributed by atoms with van der Waals surface area (Å²) in [6.45, 7) is -0.206. The van der Waals surface area contributed by atoms with Gasteiger partial charge in [0, 0.05) is 22.8 Å². The van der Waals surface area contributed by atoms with Crippen molar-refractivity contribution in [1.29, 1.82) is 0 Å². The summed E-state index contributed by atoms with van der Waals surface area (Å²) in [7, 11) is -1.08. The molecule has 0 saturated heterocycles. The molecule has 0 aromatic heterocycles. The number of halogens is 1. The maximum Gasteiger partial charge on any atom is 0.243 e. The second kappa shape index (κ2) is 11.3. The first kappa shape index (κ1) is 24.8. The fourth-order valence-corrected chi connectivity index (χ4v) is 5.05. The van der Waals surface area contributed by atoms with Gasteiger partial charge in [-0.2, -0.15) is 4.31 Å². The van der Waals surface area contributed by atoms with Crippen molar-refractivity contribution in [1.82, 2.24) is 4.31 Å². The maximum atomic E-state index is 13.5. The van der Waals surface area contributed by atoms with Crippen molar-refractivity contribution in [2.24, 2.45) is 0 Å². The number of rotatable bonds is 10. The fraction of sp³-hybridized carbons (Fsp3) is 0.208. The predicted octanol–water partition coefficient (Wildman–Crippen LogP) is 4.34. The van der Waals surface area contributed by atoms with Crippen molar-refractivity contribution in [3.05, 3.63) is 82.8 Å². The van der Waals surface area contributed by atoms with Gasteiger partial charge in [-0.3, -0.25) is 4.79 Å². The third-order valence-electron chi connectivity index (χ3n) is 4.91. The zero-order valence-corrected chi connectivity index (χ0v) is 20.7. The molecule has 0 saturated carbocycles. The zero-order chi connectivity index (χ0) is 23.8. The minimum atomic E-state index is -4.00. The smallest absolute Gasteiger partial charge is 0.243 e. The summed E-state index contributed by atoms with van der Waals surface area (Å²) in [5.41, 5.74) is 1.54. The van der Waals surface area contributed by atoms with E-state index in [1.54, 1.807) is 18.2 Å². The highest BCUT2D eigenvalue weighted by atomic mass is 79.9. The van der Waals surface area contributed by atoms with Crippen LogP contribution in [0.5, 0.6) is 11.5 Å². The van der Waals surface area contributed by atoms with Gasteiger partial charge in [0.05, 0.1) is 25.7 Å². The van der Waals surface area contributed by atoms with Crippen LogP contribution in [0.4, 0.5) is 5.69 Å². The number of benzene rings is 3. The molecule has 3 aromatic rings. The van der Waals surface area contributed by atoms with Crippen LogP contribution in [-0.2, 0) is 21.2 Å². The van der Waals surface area contributed by atoms with Gasteiger partial charge in [-0.25, -0.2) is 8.42 Å². The molecule has 0 fully saturated rings. The zero-order valence-electron chi connectivity index (χ0n) is 18.3. The standard InChI is InChI=1S/C24H25BrN2O5S/c1-31-22-12-11-21(16-23(22)32-2)33(29,30)27(14-13-18-7-4-3-5-8-18)17-24(28)26-20-10-6-9-19(25)15-20/h3-12,15-16H,13-14,17H2,1-2H3,(H,26,28). The van der Waals surface area contributed by atoms with E-state index in [1.807, 2.05) is 36.4 Å². The highest BCUT2D eigenvalue weighted by Gasteiger charge is 2.27. The van der Waals surface area contributed by atoms with Crippen LogP contribution in [0.25, 0.3) is 0 Å². The molecule has 9 heteroatoms. The third kappa shape index (κ3) is 6.56. The van der Waals surface area contributed by atoms with Gasteiger partial charge in [-0.05, 0) is 42.3 Å². The van der Waals surface area contributed by atoms with Crippen molar-refractivity contribution in [3.63, 3.8) is 0 Å². The average molecular weight is 533 g/mol. The monoisotopic (exact) mass is 532 g/mol. The van der Waals surface area contributed by atoms with Crippen molar-refractivity contribution < 1.29 is 22.7 Å². The van der Waals surface area contributed by atoms with E-state index in [-0.39, 0.29) is 18.0 Å². The number of nitrogens with zero attached hydrogens (tertiary/aromatic N) is 1. The Kier molecular flexibility index (Phi) is 8.49. The lowest BCUT2D eigenvalue weighted by Gasteiger charge is -2.22. The van der Waals surface area contributed by atoms with Crippen LogP contribution in [0.15, 0.2) is 82.2 Å². The van der Waals surface area contributed by atoms with Gasteiger partial charge < -0.3 is 14.8 Å². The van der Waals surface area contributed by atoms with Crippen LogP contribution in [0, 0.1) is 0 Å². The van der Waals surface area contributed by atoms with E-state index in [1.165, 1.54) is 36.7 Å². The van der Waals surface area contributed by atoms with Crippen LogP contribution in [0.2, 0.25) is 0 Å². The second-order valence-electron chi connectivity index (χ2n) is 7.15. The van der Waals surface area contributed by atoms with Gasteiger partial charge in [-0.15, -0.1) is 0 Å². The lowest BCUT2D eigenvalue weighted by atomic mass is 10.1. The molecule has 0 radical (unpaired) electrons. The topological polar surface area (TPSA) is 84.9 Å². The molecule has 0 aliphatic heterocycles. The SMILES string of the molecule is COc1ccc(S(=O)(=O)N(CCc2ccccc2)CC(=O)Nc2cccc(Br)c2)cc1OC. The van der Waals surface area contributed by atoms with Gasteiger partial charge >= 0.3 is 0 Å². The Morgan fingerprint density at radius 3 is 2.33 bits per heavy atom. The number of sulfonamides is 1. The Balaban J connectivity index is 1.87. The van der Waals surface area contributed by atoms with Crippen molar-refractivity contribution in [3.8, 4) is 11.5 Å². The quantitative estimate of drug-likeness (QED) is 0.419. The van der Waals surface area contributed by atoms with E-state index < -0.39 is 15.9 Å². The van der Waals surface area contributed by atoms with E-state index in [9.17, 15) is 13.2 Å². The first-order valence-electron chi connectivity index (χ1n) is 10.1. The molecule has 0 spiro atoms. The molecule has 1 amide bonds. The molecule has 0 unspecified atom stereocenters. The summed E-state index contributed by atoms with van der Waals surface area (Å²) in [5, 5.41) is 2.76. The molecule has 0 aliphatic rings. The fourth-order valence-electron chi connectivity index (χ4n) is 3.24. The third-order valence-corrected chi connectivity index (χ3v) is 7.25. The molecule has 33 heavy (non-hydrogen) atoms. The molecule has 0 aliphatic carbocycles. The number of hydrogen-bond acceptors (Lipinski definition) is 5. The normalized spacial score (nSPS) is 11.3. The second-order valence-corrected chi connectivity index (χ2v) is 10.0. The molecule has 7 nitrogen and oxygen atoms in total. The first-order valence-corrected chi connectivity index (χ1v) is 12.4. The summed E-state index contributed by atoms with van der Waals surface area (Å²) < 4.78 is 39.5. The Hall–Kier alpha value is -2.88. The predicted molar refractivity (Wildman–Crippen MR) is 131 cm³/mol. The van der Waals surface area contributed by atoms with Crippen LogP contribution >= 0.6 is 15.9 Å². The number of carbonyl (C=O) groups excluding carboxylic acids is 1. The molecule has 1 N–H and O–H groups in total. The van der Waals surface area contributed by atoms with Gasteiger partial charge in [0.15, 0.2) is 11.5 Å². The Morgan fingerprint density at radius 2 is 1.67 bits per heavy atom. The van der Waals surface area contributed by atoms with E-state index >= 15 is 0 Å². The number of hydrogen-bond donors (Lipinski definition) is 1. The number of nitrogens with one attached hydrogen (secondary N) is 1. The molecule has 3 aromatic carbocycles. The van der Waals surface area contributed by atoms with Gasteiger partial charge in [-0.1, -0.05) is 52.3 Å². The number of amides is 1. The molecule has 174 valence electrons. The van der Waals surface area contributed by atoms with Crippen molar-refractivity contribution >= 4 is 37.5 Å². The number of ether oxygens (including phenoxy) is 2. The van der Waals surface area contributed by atoms with E-state index in [0.717, 1.165) is 10.0 Å². The lowest BCUT2D eigenvalue weighted by molar-refractivity contribution is -0.116. The summed E-state index contributed by atoms with van der Waals surface area (Å²) in [4.78, 5) is 12.8. The van der Waals surface area contributed by atoms with Crippen molar-refractivity contribution in [2.75, 3.05) is 32.6 Å². The summed E-state index contributed by atoms with van der Waals surface area (Å²) >= 11 is 3.36. The maximum absolute atomic E-state index is 13.5. The first-order chi connectivity index (χ1) is 15.8. The molecule has 0 heterocycles. The van der Waals surface area contributed by atoms with Crippen LogP contribution in [-0.4, -0.2) is 45.9 Å². The van der Waals surface area contributed by atoms with Crippen molar-refractivity contribution in [2.45, 2.75) is 11.3 Å². The molecule has 0 atom stereocenters. The summed E-state index contributed by atoms with van der Waals surface area (Å²) in [6, 6.07) is 21.0. The largest absolute Gasteiger partial charge is 0.493 e. The lowest BCUT2D eigenvalue weighted by Crippen LogP contribution is -2.39. The Morgan fingerprint density at radius 1 is 0.939 bits per heavy atom. The summed E-state index contributed by atoms with van der Waals surface area (Å²) in [5.74, 6) is 0.269. The van der Waals surface area contributed by atoms with Gasteiger partial charge in [0.1, 0.15) is 0 Å². The molecular formula is C24H25BrN2O5S.